The lowest BCUT2D eigenvalue weighted by Crippen LogP contribution is -2.23. The lowest BCUT2D eigenvalue weighted by molar-refractivity contribution is 0.0700. The molecule has 1 N–H and O–H groups in total. The summed E-state index contributed by atoms with van der Waals surface area (Å²) in [6, 6.07) is 0. The molecule has 6 heteroatoms. The minimum absolute atomic E-state index is 0.381. The number of nitrogens with zero attached hydrogens (tertiary/aromatic N) is 3. The molecule has 0 saturated heterocycles. The normalized spacial score (nSPS) is 14.9. The molecule has 0 atom stereocenters. The summed E-state index contributed by atoms with van der Waals surface area (Å²) in [5.41, 5.74) is 0.798. The molecule has 1 aromatic rings. The molecule has 1 saturated carbocycles. The minimum atomic E-state index is -0.840. The summed E-state index contributed by atoms with van der Waals surface area (Å²) in [5, 5.41) is 10.1. The van der Waals surface area contributed by atoms with Crippen molar-refractivity contribution in [2.75, 3.05) is 39.1 Å². The first-order valence-corrected chi connectivity index (χ1v) is 7.40. The van der Waals surface area contributed by atoms with Gasteiger partial charge in [0, 0.05) is 19.5 Å². The summed E-state index contributed by atoms with van der Waals surface area (Å²) in [5.74, 6) is -0.460. The monoisotopic (exact) mass is 283 g/mol. The Balaban J connectivity index is 2.03. The number of hydrogen-bond acceptors (Lipinski definition) is 5. The quantitative estimate of drug-likeness (QED) is 0.830. The molecule has 1 aromatic heterocycles. The van der Waals surface area contributed by atoms with Gasteiger partial charge in [-0.05, 0) is 39.9 Å². The molecular weight excluding hydrogens is 262 g/mol. The van der Waals surface area contributed by atoms with Gasteiger partial charge in [0.05, 0.1) is 5.69 Å². The highest BCUT2D eigenvalue weighted by Gasteiger charge is 2.32. The second kappa shape index (κ2) is 5.88. The first-order valence-electron chi connectivity index (χ1n) is 6.59. The van der Waals surface area contributed by atoms with Crippen LogP contribution in [-0.2, 0) is 0 Å². The van der Waals surface area contributed by atoms with Gasteiger partial charge in [-0.1, -0.05) is 11.3 Å². The van der Waals surface area contributed by atoms with E-state index in [9.17, 15) is 9.90 Å². The Morgan fingerprint density at radius 3 is 2.58 bits per heavy atom. The van der Waals surface area contributed by atoms with Gasteiger partial charge in [-0.2, -0.15) is 0 Å². The zero-order valence-electron chi connectivity index (χ0n) is 11.7. The summed E-state index contributed by atoms with van der Waals surface area (Å²) in [6.45, 7) is 1.92. The van der Waals surface area contributed by atoms with Crippen molar-refractivity contribution in [3.05, 3.63) is 10.6 Å². The fourth-order valence-electron chi connectivity index (χ4n) is 1.99. The highest BCUT2D eigenvalue weighted by Crippen LogP contribution is 2.44. The lowest BCUT2D eigenvalue weighted by Gasteiger charge is -2.17. The van der Waals surface area contributed by atoms with Crippen LogP contribution in [0.3, 0.4) is 0 Å². The second-order valence-corrected chi connectivity index (χ2v) is 6.35. The van der Waals surface area contributed by atoms with Gasteiger partial charge in [0.15, 0.2) is 5.13 Å². The molecule has 1 aliphatic rings. The van der Waals surface area contributed by atoms with Crippen LogP contribution in [0.1, 0.15) is 40.5 Å². The standard InChI is InChI=1S/C13H21N3O2S/c1-15(2)7-4-8-16(3)13-14-10(9-5-6-9)11(19-13)12(17)18/h9H,4-8H2,1-3H3,(H,17,18). The maximum absolute atomic E-state index is 11.2. The number of thiazole rings is 1. The van der Waals surface area contributed by atoms with Crippen LogP contribution in [0.15, 0.2) is 0 Å². The smallest absolute Gasteiger partial charge is 0.347 e. The number of carbonyl (C=O) groups is 1. The molecule has 0 amide bonds. The molecule has 0 aliphatic heterocycles. The summed E-state index contributed by atoms with van der Waals surface area (Å²) in [4.78, 5) is 20.4. The molecule has 0 bridgehead atoms. The zero-order chi connectivity index (χ0) is 14.0. The number of rotatable bonds is 7. The largest absolute Gasteiger partial charge is 0.477 e. The Morgan fingerprint density at radius 1 is 1.37 bits per heavy atom. The Labute approximate surface area is 117 Å². The molecule has 19 heavy (non-hydrogen) atoms. The Morgan fingerprint density at radius 2 is 2.05 bits per heavy atom. The van der Waals surface area contributed by atoms with Gasteiger partial charge in [0.2, 0.25) is 0 Å². The van der Waals surface area contributed by atoms with Gasteiger partial charge in [0.1, 0.15) is 4.88 Å². The summed E-state index contributed by atoms with van der Waals surface area (Å²) >= 11 is 1.30. The molecule has 1 fully saturated rings. The second-order valence-electron chi connectivity index (χ2n) is 5.37. The van der Waals surface area contributed by atoms with E-state index in [1.54, 1.807) is 0 Å². The van der Waals surface area contributed by atoms with Crippen LogP contribution >= 0.6 is 11.3 Å². The first-order chi connectivity index (χ1) is 8.99. The van der Waals surface area contributed by atoms with E-state index in [4.69, 9.17) is 0 Å². The summed E-state index contributed by atoms with van der Waals surface area (Å²) in [6.07, 6.45) is 3.20. The van der Waals surface area contributed by atoms with Crippen LogP contribution in [0.5, 0.6) is 0 Å². The predicted molar refractivity (Wildman–Crippen MR) is 77.5 cm³/mol. The van der Waals surface area contributed by atoms with E-state index in [0.29, 0.717) is 10.8 Å². The maximum atomic E-state index is 11.2. The Hall–Kier alpha value is -1.14. The van der Waals surface area contributed by atoms with E-state index < -0.39 is 5.97 Å². The van der Waals surface area contributed by atoms with Crippen LogP contribution in [0, 0.1) is 0 Å². The highest BCUT2D eigenvalue weighted by molar-refractivity contribution is 7.17. The van der Waals surface area contributed by atoms with Gasteiger partial charge >= 0.3 is 5.97 Å². The van der Waals surface area contributed by atoms with Crippen molar-refractivity contribution in [1.82, 2.24) is 9.88 Å². The number of carboxylic acids is 1. The van der Waals surface area contributed by atoms with Gasteiger partial charge < -0.3 is 14.9 Å². The van der Waals surface area contributed by atoms with E-state index in [2.05, 4.69) is 28.9 Å². The third-order valence-corrected chi connectivity index (χ3v) is 4.40. The first kappa shape index (κ1) is 14.3. The third kappa shape index (κ3) is 3.67. The molecule has 0 unspecified atom stereocenters. The number of anilines is 1. The van der Waals surface area contributed by atoms with Gasteiger partial charge in [-0.3, -0.25) is 0 Å². The van der Waals surface area contributed by atoms with Crippen LogP contribution in [0.25, 0.3) is 0 Å². The van der Waals surface area contributed by atoms with Crippen molar-refractivity contribution in [1.29, 1.82) is 0 Å². The van der Waals surface area contributed by atoms with Crippen molar-refractivity contribution >= 4 is 22.4 Å². The molecule has 106 valence electrons. The van der Waals surface area contributed by atoms with Gasteiger partial charge in [-0.15, -0.1) is 0 Å². The number of aromatic nitrogens is 1. The molecule has 0 aromatic carbocycles. The minimum Gasteiger partial charge on any atom is -0.477 e. The van der Waals surface area contributed by atoms with Crippen molar-refractivity contribution in [3.8, 4) is 0 Å². The van der Waals surface area contributed by atoms with Crippen molar-refractivity contribution < 1.29 is 9.90 Å². The molecule has 5 nitrogen and oxygen atoms in total. The zero-order valence-corrected chi connectivity index (χ0v) is 12.5. The van der Waals surface area contributed by atoms with E-state index in [-0.39, 0.29) is 0 Å². The average molecular weight is 283 g/mol. The van der Waals surface area contributed by atoms with Crippen LogP contribution in [-0.4, -0.2) is 55.2 Å². The van der Waals surface area contributed by atoms with Crippen LogP contribution in [0.2, 0.25) is 0 Å². The molecule has 1 aliphatic carbocycles. The highest BCUT2D eigenvalue weighted by atomic mass is 32.1. The molecule has 1 heterocycles. The van der Waals surface area contributed by atoms with Crippen LogP contribution < -0.4 is 4.90 Å². The maximum Gasteiger partial charge on any atom is 0.347 e. The topological polar surface area (TPSA) is 56.7 Å². The summed E-state index contributed by atoms with van der Waals surface area (Å²) < 4.78 is 0. The van der Waals surface area contributed by atoms with E-state index >= 15 is 0 Å². The lowest BCUT2D eigenvalue weighted by atomic mass is 10.2. The van der Waals surface area contributed by atoms with E-state index in [1.807, 2.05) is 7.05 Å². The van der Waals surface area contributed by atoms with Crippen molar-refractivity contribution in [3.63, 3.8) is 0 Å². The average Bonchev–Trinajstić information content (AvgIpc) is 3.07. The van der Waals surface area contributed by atoms with E-state index in [0.717, 1.165) is 43.2 Å². The molecular formula is C13H21N3O2S. The fourth-order valence-corrected chi connectivity index (χ4v) is 2.97. The molecule has 0 spiro atoms. The third-order valence-electron chi connectivity index (χ3n) is 3.23. The van der Waals surface area contributed by atoms with Crippen LogP contribution in [0.4, 0.5) is 5.13 Å². The predicted octanol–water partition coefficient (Wildman–Crippen LogP) is 2.11. The van der Waals surface area contributed by atoms with Gasteiger partial charge in [0.25, 0.3) is 0 Å². The number of hydrogen-bond donors (Lipinski definition) is 1. The van der Waals surface area contributed by atoms with Crippen molar-refractivity contribution in [2.24, 2.45) is 0 Å². The number of carboxylic acid groups (broad SMARTS) is 1. The summed E-state index contributed by atoms with van der Waals surface area (Å²) in [7, 11) is 6.09. The van der Waals surface area contributed by atoms with E-state index in [1.165, 1.54) is 11.3 Å². The Bertz CT molecular complexity index is 455. The van der Waals surface area contributed by atoms with Gasteiger partial charge in [-0.25, -0.2) is 9.78 Å². The molecule has 2 rings (SSSR count). The SMILES string of the molecule is CN(C)CCCN(C)c1nc(C2CC2)c(C(=O)O)s1. The molecule has 0 radical (unpaired) electrons. The number of aromatic carboxylic acids is 1. The van der Waals surface area contributed by atoms with Crippen molar-refractivity contribution in [2.45, 2.75) is 25.2 Å². The Kier molecular flexibility index (Phi) is 4.42. The fraction of sp³-hybridized carbons (Fsp3) is 0.692.